The highest BCUT2D eigenvalue weighted by atomic mass is 32.1. The van der Waals surface area contributed by atoms with Gasteiger partial charge >= 0.3 is 0 Å². The number of ether oxygens (including phenoxy) is 2. The van der Waals surface area contributed by atoms with Crippen LogP contribution >= 0.6 is 11.3 Å². The van der Waals surface area contributed by atoms with Crippen molar-refractivity contribution in [2.75, 3.05) is 36.3 Å². The van der Waals surface area contributed by atoms with Gasteiger partial charge in [0.1, 0.15) is 5.01 Å². The highest BCUT2D eigenvalue weighted by Gasteiger charge is 2.35. The van der Waals surface area contributed by atoms with Crippen LogP contribution in [0.1, 0.15) is 27.3 Å². The Kier molecular flexibility index (Phi) is 8.02. The third-order valence-electron chi connectivity index (χ3n) is 6.47. The molecule has 1 atom stereocenters. The van der Waals surface area contributed by atoms with E-state index in [9.17, 15) is 14.4 Å². The number of anilines is 3. The van der Waals surface area contributed by atoms with Gasteiger partial charge in [-0.2, -0.15) is 0 Å². The van der Waals surface area contributed by atoms with Crippen LogP contribution in [-0.4, -0.2) is 48.7 Å². The number of aromatic nitrogens is 2. The summed E-state index contributed by atoms with van der Waals surface area (Å²) in [4.78, 5) is 39.6. The molecule has 11 heteroatoms. The summed E-state index contributed by atoms with van der Waals surface area (Å²) >= 11 is 1.28. The zero-order chi connectivity index (χ0) is 28.1. The van der Waals surface area contributed by atoms with Crippen LogP contribution in [0.5, 0.6) is 11.5 Å². The molecule has 40 heavy (non-hydrogen) atoms. The van der Waals surface area contributed by atoms with Crippen LogP contribution < -0.4 is 25.0 Å². The smallest absolute Gasteiger partial charge is 0.257 e. The first-order chi connectivity index (χ1) is 19.4. The Labute approximate surface area is 235 Å². The van der Waals surface area contributed by atoms with Crippen molar-refractivity contribution >= 4 is 45.6 Å². The molecule has 2 heterocycles. The average molecular weight is 558 g/mol. The van der Waals surface area contributed by atoms with Crippen LogP contribution in [0, 0.1) is 5.92 Å². The number of nitrogens with zero attached hydrogens (tertiary/aromatic N) is 3. The van der Waals surface area contributed by atoms with Gasteiger partial charge in [-0.05, 0) is 54.1 Å². The number of hydrogen-bond donors (Lipinski definition) is 2. The molecule has 2 N–H and O–H groups in total. The highest BCUT2D eigenvalue weighted by molar-refractivity contribution is 7.15. The molecule has 1 aliphatic heterocycles. The van der Waals surface area contributed by atoms with Gasteiger partial charge in [-0.3, -0.25) is 19.7 Å². The maximum atomic E-state index is 12.8. The van der Waals surface area contributed by atoms with E-state index in [0.717, 1.165) is 16.3 Å². The lowest BCUT2D eigenvalue weighted by molar-refractivity contribution is -0.122. The molecule has 1 unspecified atom stereocenters. The molecule has 204 valence electrons. The molecule has 3 amide bonds. The highest BCUT2D eigenvalue weighted by Crippen LogP contribution is 2.29. The Balaban J connectivity index is 1.15. The van der Waals surface area contributed by atoms with Gasteiger partial charge in [-0.1, -0.05) is 35.6 Å². The molecule has 0 bridgehead atoms. The zero-order valence-electron chi connectivity index (χ0n) is 21.9. The van der Waals surface area contributed by atoms with E-state index >= 15 is 0 Å². The van der Waals surface area contributed by atoms with Crippen LogP contribution in [0.2, 0.25) is 0 Å². The first-order valence-corrected chi connectivity index (χ1v) is 13.4. The molecule has 1 saturated heterocycles. The van der Waals surface area contributed by atoms with E-state index in [1.807, 2.05) is 48.5 Å². The van der Waals surface area contributed by atoms with Gasteiger partial charge in [0.2, 0.25) is 16.9 Å². The molecule has 0 radical (unpaired) electrons. The minimum atomic E-state index is -0.457. The summed E-state index contributed by atoms with van der Waals surface area (Å²) in [5, 5.41) is 15.0. The molecule has 5 rings (SSSR count). The fraction of sp³-hybridized carbons (Fsp3) is 0.207. The Morgan fingerprint density at radius 1 is 0.950 bits per heavy atom. The summed E-state index contributed by atoms with van der Waals surface area (Å²) in [6, 6.07) is 21.5. The summed E-state index contributed by atoms with van der Waals surface area (Å²) in [5.41, 5.74) is 2.70. The number of methoxy groups -OCH3 is 2. The van der Waals surface area contributed by atoms with Crippen molar-refractivity contribution in [2.24, 2.45) is 5.92 Å². The average Bonchev–Trinajstić information content (AvgIpc) is 3.59. The number of para-hydroxylation sites is 1. The molecule has 0 spiro atoms. The summed E-state index contributed by atoms with van der Waals surface area (Å²) in [6.07, 6.45) is 0.676. The predicted molar refractivity (Wildman–Crippen MR) is 152 cm³/mol. The Morgan fingerprint density at radius 2 is 1.70 bits per heavy atom. The second-order valence-corrected chi connectivity index (χ2v) is 10.2. The van der Waals surface area contributed by atoms with Crippen molar-refractivity contribution in [3.05, 3.63) is 88.9 Å². The van der Waals surface area contributed by atoms with Crippen molar-refractivity contribution in [1.29, 1.82) is 0 Å². The lowest BCUT2D eigenvalue weighted by Crippen LogP contribution is -2.28. The number of carbonyl (C=O) groups is 3. The van der Waals surface area contributed by atoms with Crippen LogP contribution in [0.4, 0.5) is 16.5 Å². The standard InChI is InChI=1S/C29H27N5O5S/c1-38-23-13-8-18(14-24(23)39-2)15-25-32-33-29(40-25)31-27(36)19-9-11-21(12-10-19)30-28(37)20-16-26(35)34(17-20)22-6-4-3-5-7-22/h3-14,20H,15-17H2,1-2H3,(H,30,37)(H,31,33,36). The Bertz CT molecular complexity index is 1520. The van der Waals surface area contributed by atoms with Gasteiger partial charge in [0.15, 0.2) is 11.5 Å². The van der Waals surface area contributed by atoms with E-state index in [1.165, 1.54) is 11.3 Å². The quantitative estimate of drug-likeness (QED) is 0.313. The van der Waals surface area contributed by atoms with Crippen LogP contribution in [0.15, 0.2) is 72.8 Å². The molecule has 1 fully saturated rings. The van der Waals surface area contributed by atoms with Crippen molar-refractivity contribution in [1.82, 2.24) is 10.2 Å². The number of amides is 3. The summed E-state index contributed by atoms with van der Waals surface area (Å²) in [7, 11) is 3.16. The van der Waals surface area contributed by atoms with E-state index in [0.29, 0.717) is 40.8 Å². The van der Waals surface area contributed by atoms with Crippen LogP contribution in [0.3, 0.4) is 0 Å². The largest absolute Gasteiger partial charge is 0.493 e. The minimum Gasteiger partial charge on any atom is -0.493 e. The fourth-order valence-electron chi connectivity index (χ4n) is 4.40. The third kappa shape index (κ3) is 6.10. The summed E-state index contributed by atoms with van der Waals surface area (Å²) in [5.74, 6) is 0.156. The maximum absolute atomic E-state index is 12.8. The third-order valence-corrected chi connectivity index (χ3v) is 7.31. The van der Waals surface area contributed by atoms with Gasteiger partial charge in [0.05, 0.1) is 20.1 Å². The number of carbonyl (C=O) groups excluding carboxylic acids is 3. The fourth-order valence-corrected chi connectivity index (χ4v) is 5.17. The summed E-state index contributed by atoms with van der Waals surface area (Å²) in [6.45, 7) is 0.324. The van der Waals surface area contributed by atoms with Crippen LogP contribution in [0.25, 0.3) is 0 Å². The molecule has 10 nitrogen and oxygen atoms in total. The minimum absolute atomic E-state index is 0.0815. The molecule has 0 aliphatic carbocycles. The van der Waals surface area contributed by atoms with E-state index in [4.69, 9.17) is 9.47 Å². The summed E-state index contributed by atoms with van der Waals surface area (Å²) < 4.78 is 10.6. The number of hydrogen-bond acceptors (Lipinski definition) is 8. The SMILES string of the molecule is COc1ccc(Cc2nnc(NC(=O)c3ccc(NC(=O)C4CC(=O)N(c5ccccc5)C4)cc3)s2)cc1OC. The molecular formula is C29H27N5O5S. The molecular weight excluding hydrogens is 530 g/mol. The second kappa shape index (κ2) is 12.0. The lowest BCUT2D eigenvalue weighted by Gasteiger charge is -2.16. The number of benzene rings is 3. The molecule has 0 saturated carbocycles. The molecule has 1 aliphatic rings. The predicted octanol–water partition coefficient (Wildman–Crippen LogP) is 4.39. The Morgan fingerprint density at radius 3 is 2.42 bits per heavy atom. The van der Waals surface area contributed by atoms with Gasteiger partial charge in [0.25, 0.3) is 5.91 Å². The van der Waals surface area contributed by atoms with Crippen molar-refractivity contribution < 1.29 is 23.9 Å². The normalized spacial score (nSPS) is 14.6. The van der Waals surface area contributed by atoms with E-state index < -0.39 is 5.92 Å². The second-order valence-electron chi connectivity index (χ2n) is 9.13. The van der Waals surface area contributed by atoms with Crippen LogP contribution in [-0.2, 0) is 16.0 Å². The van der Waals surface area contributed by atoms with Gasteiger partial charge in [0, 0.05) is 36.3 Å². The topological polar surface area (TPSA) is 123 Å². The van der Waals surface area contributed by atoms with Gasteiger partial charge < -0.3 is 19.7 Å². The monoisotopic (exact) mass is 557 g/mol. The van der Waals surface area contributed by atoms with Crippen molar-refractivity contribution in [2.45, 2.75) is 12.8 Å². The van der Waals surface area contributed by atoms with E-state index in [2.05, 4.69) is 20.8 Å². The first kappa shape index (κ1) is 26.8. The van der Waals surface area contributed by atoms with Crippen molar-refractivity contribution in [3.8, 4) is 11.5 Å². The molecule has 4 aromatic rings. The van der Waals surface area contributed by atoms with E-state index in [1.54, 1.807) is 43.4 Å². The Hall–Kier alpha value is -4.77. The zero-order valence-corrected chi connectivity index (χ0v) is 22.7. The number of nitrogens with one attached hydrogen (secondary N) is 2. The lowest BCUT2D eigenvalue weighted by atomic mass is 10.1. The number of rotatable bonds is 9. The first-order valence-electron chi connectivity index (χ1n) is 12.5. The van der Waals surface area contributed by atoms with Crippen molar-refractivity contribution in [3.63, 3.8) is 0 Å². The van der Waals surface area contributed by atoms with Gasteiger partial charge in [-0.15, -0.1) is 10.2 Å². The molecule has 3 aromatic carbocycles. The van der Waals surface area contributed by atoms with Gasteiger partial charge in [-0.25, -0.2) is 0 Å². The molecule has 1 aromatic heterocycles. The maximum Gasteiger partial charge on any atom is 0.257 e. The van der Waals surface area contributed by atoms with E-state index in [-0.39, 0.29) is 24.1 Å².